The van der Waals surface area contributed by atoms with Gasteiger partial charge < -0.3 is 18.9 Å². The van der Waals surface area contributed by atoms with E-state index in [1.165, 1.54) is 19.3 Å². The van der Waals surface area contributed by atoms with Gasteiger partial charge in [0.05, 0.1) is 18.8 Å². The minimum absolute atomic E-state index is 0.0957. The Morgan fingerprint density at radius 1 is 0.731 bits per heavy atom. The molecule has 4 nitrogen and oxygen atoms in total. The molecule has 154 valence electrons. The Morgan fingerprint density at radius 2 is 1.27 bits per heavy atom. The Balaban J connectivity index is 2.00. The molecule has 0 amide bonds. The van der Waals surface area contributed by atoms with Crippen LogP contribution < -0.4 is 0 Å². The van der Waals surface area contributed by atoms with E-state index in [4.69, 9.17) is 18.9 Å². The zero-order valence-electron chi connectivity index (χ0n) is 18.2. The fraction of sp³-hybridized carbons (Fsp3) is 1.00. The zero-order chi connectivity index (χ0) is 19.4. The quantitative estimate of drug-likeness (QED) is 0.624. The molecule has 0 aromatic heterocycles. The number of hydrogen-bond acceptors (Lipinski definition) is 4. The summed E-state index contributed by atoms with van der Waals surface area (Å²) in [6.07, 6.45) is 4.03. The summed E-state index contributed by atoms with van der Waals surface area (Å²) in [7, 11) is 1.73. The van der Waals surface area contributed by atoms with Gasteiger partial charge in [0, 0.05) is 18.9 Å². The topological polar surface area (TPSA) is 36.9 Å². The number of methoxy groups -OCH3 is 1. The second-order valence-electron chi connectivity index (χ2n) is 8.89. The van der Waals surface area contributed by atoms with Crippen molar-refractivity contribution in [2.75, 3.05) is 13.7 Å². The number of ether oxygens (including phenoxy) is 4. The Morgan fingerprint density at radius 3 is 1.85 bits per heavy atom. The van der Waals surface area contributed by atoms with Crippen molar-refractivity contribution in [2.24, 2.45) is 35.5 Å². The highest BCUT2D eigenvalue weighted by molar-refractivity contribution is 4.86. The van der Waals surface area contributed by atoms with Crippen LogP contribution in [0, 0.1) is 35.5 Å². The smallest absolute Gasteiger partial charge is 0.160 e. The highest BCUT2D eigenvalue weighted by Gasteiger charge is 2.43. The largest absolute Gasteiger partial charge is 0.356 e. The van der Waals surface area contributed by atoms with E-state index in [1.807, 2.05) is 0 Å². The van der Waals surface area contributed by atoms with Crippen molar-refractivity contribution in [2.45, 2.75) is 92.5 Å². The summed E-state index contributed by atoms with van der Waals surface area (Å²) in [5.74, 6) is 2.89. The third-order valence-electron chi connectivity index (χ3n) is 7.31. The van der Waals surface area contributed by atoms with Gasteiger partial charge in [0.15, 0.2) is 12.6 Å². The third kappa shape index (κ3) is 4.81. The molecule has 2 aliphatic heterocycles. The molecule has 0 aromatic rings. The van der Waals surface area contributed by atoms with Gasteiger partial charge in [-0.25, -0.2) is 0 Å². The first-order chi connectivity index (χ1) is 12.3. The molecular formula is C22H42O4. The molecule has 0 radical (unpaired) electrons. The lowest BCUT2D eigenvalue weighted by molar-refractivity contribution is -0.274. The first-order valence-electron chi connectivity index (χ1n) is 10.8. The van der Waals surface area contributed by atoms with Crippen LogP contribution in [0.5, 0.6) is 0 Å². The van der Waals surface area contributed by atoms with Crippen molar-refractivity contribution in [1.82, 2.24) is 0 Å². The average molecular weight is 371 g/mol. The van der Waals surface area contributed by atoms with Gasteiger partial charge in [-0.05, 0) is 43.9 Å². The Labute approximate surface area is 161 Å². The number of unbranched alkanes of at least 4 members (excludes halogenated alkanes) is 1. The van der Waals surface area contributed by atoms with Crippen LogP contribution in [0.15, 0.2) is 0 Å². The first kappa shape index (κ1) is 22.1. The molecule has 10 atom stereocenters. The van der Waals surface area contributed by atoms with Crippen molar-refractivity contribution in [3.8, 4) is 0 Å². The van der Waals surface area contributed by atoms with Crippen LogP contribution in [-0.4, -0.2) is 38.5 Å². The lowest BCUT2D eigenvalue weighted by Gasteiger charge is -2.46. The molecule has 0 bridgehead atoms. The van der Waals surface area contributed by atoms with Crippen molar-refractivity contribution < 1.29 is 18.9 Å². The molecule has 26 heavy (non-hydrogen) atoms. The van der Waals surface area contributed by atoms with Crippen molar-refractivity contribution in [1.29, 1.82) is 0 Å². The van der Waals surface area contributed by atoms with Crippen LogP contribution in [-0.2, 0) is 18.9 Å². The van der Waals surface area contributed by atoms with E-state index < -0.39 is 0 Å². The second-order valence-corrected chi connectivity index (χ2v) is 8.89. The molecule has 4 heteroatoms. The second kappa shape index (κ2) is 9.86. The summed E-state index contributed by atoms with van der Waals surface area (Å²) in [4.78, 5) is 0. The van der Waals surface area contributed by atoms with Crippen molar-refractivity contribution in [3.05, 3.63) is 0 Å². The lowest BCUT2D eigenvalue weighted by atomic mass is 9.75. The van der Waals surface area contributed by atoms with E-state index in [9.17, 15) is 0 Å². The standard InChI is InChI=1S/C22H42O4/c1-9-10-11-19-13(2)17(6)26-22(15(19)4)24-12-20-14(3)18(7)25-21(23-8)16(20)5/h13-22H,9-12H2,1-8H3/t13-,14-,15?,16?,17?,18?,19+,20+,21-,22-/m1/s1. The zero-order valence-corrected chi connectivity index (χ0v) is 18.2. The normalized spacial score (nSPS) is 47.1. The minimum atomic E-state index is -0.143. The summed E-state index contributed by atoms with van der Waals surface area (Å²) in [5, 5.41) is 0. The first-order valence-corrected chi connectivity index (χ1v) is 10.8. The van der Waals surface area contributed by atoms with Gasteiger partial charge in [-0.3, -0.25) is 0 Å². The molecule has 4 unspecified atom stereocenters. The fourth-order valence-corrected chi connectivity index (χ4v) is 4.91. The minimum Gasteiger partial charge on any atom is -0.356 e. The van der Waals surface area contributed by atoms with Gasteiger partial charge in [-0.15, -0.1) is 0 Å². The van der Waals surface area contributed by atoms with Gasteiger partial charge in [0.25, 0.3) is 0 Å². The monoisotopic (exact) mass is 370 g/mol. The van der Waals surface area contributed by atoms with E-state index >= 15 is 0 Å². The van der Waals surface area contributed by atoms with Crippen LogP contribution in [0.25, 0.3) is 0 Å². The van der Waals surface area contributed by atoms with Crippen LogP contribution in [0.4, 0.5) is 0 Å². The van der Waals surface area contributed by atoms with Crippen LogP contribution in [0.2, 0.25) is 0 Å². The molecule has 2 aliphatic rings. The highest BCUT2D eigenvalue weighted by Crippen LogP contribution is 2.40. The van der Waals surface area contributed by atoms with E-state index in [1.54, 1.807) is 7.11 Å². The summed E-state index contributed by atoms with van der Waals surface area (Å²) >= 11 is 0. The van der Waals surface area contributed by atoms with E-state index in [-0.39, 0.29) is 24.8 Å². The van der Waals surface area contributed by atoms with E-state index in [2.05, 4.69) is 48.5 Å². The predicted molar refractivity (Wildman–Crippen MR) is 105 cm³/mol. The van der Waals surface area contributed by atoms with Crippen LogP contribution in [0.3, 0.4) is 0 Å². The fourth-order valence-electron chi connectivity index (χ4n) is 4.91. The van der Waals surface area contributed by atoms with E-state index in [0.717, 1.165) is 0 Å². The molecule has 0 aromatic carbocycles. The van der Waals surface area contributed by atoms with Gasteiger partial charge in [-0.1, -0.05) is 47.5 Å². The molecule has 2 fully saturated rings. The Bertz CT molecular complexity index is 415. The maximum absolute atomic E-state index is 6.41. The van der Waals surface area contributed by atoms with Crippen LogP contribution in [0.1, 0.15) is 67.7 Å². The van der Waals surface area contributed by atoms with Crippen molar-refractivity contribution in [3.63, 3.8) is 0 Å². The molecule has 2 heterocycles. The molecule has 0 N–H and O–H groups in total. The SMILES string of the molecule is CCCC[C@@H]1C(C)[C@H](OC[C@@H]2C(C)[C@H](OC)OC(C)[C@H]2C)OC(C)[C@H]1C. The predicted octanol–water partition coefficient (Wildman–Crippen LogP) is 5.11. The summed E-state index contributed by atoms with van der Waals surface area (Å²) in [6, 6.07) is 0. The highest BCUT2D eigenvalue weighted by atomic mass is 16.7. The average Bonchev–Trinajstić information content (AvgIpc) is 2.62. The maximum Gasteiger partial charge on any atom is 0.160 e. The summed E-state index contributed by atoms with van der Waals surface area (Å²) in [5.41, 5.74) is 0. The Hall–Kier alpha value is -0.160. The summed E-state index contributed by atoms with van der Waals surface area (Å²) < 4.78 is 24.2. The molecule has 0 saturated carbocycles. The van der Waals surface area contributed by atoms with Crippen LogP contribution >= 0.6 is 0 Å². The van der Waals surface area contributed by atoms with Gasteiger partial charge in [0.1, 0.15) is 0 Å². The van der Waals surface area contributed by atoms with Gasteiger partial charge >= 0.3 is 0 Å². The van der Waals surface area contributed by atoms with Crippen molar-refractivity contribution >= 4 is 0 Å². The molecular weight excluding hydrogens is 328 g/mol. The number of rotatable bonds is 7. The number of hydrogen-bond donors (Lipinski definition) is 0. The van der Waals surface area contributed by atoms with E-state index in [0.29, 0.717) is 42.1 Å². The van der Waals surface area contributed by atoms with Gasteiger partial charge in [-0.2, -0.15) is 0 Å². The molecule has 0 aliphatic carbocycles. The molecule has 2 saturated heterocycles. The van der Waals surface area contributed by atoms with Gasteiger partial charge in [0.2, 0.25) is 0 Å². The molecule has 2 rings (SSSR count). The summed E-state index contributed by atoms with van der Waals surface area (Å²) in [6.45, 7) is 16.5. The maximum atomic E-state index is 6.41. The lowest BCUT2D eigenvalue weighted by Crippen LogP contribution is -2.49. The third-order valence-corrected chi connectivity index (χ3v) is 7.31. The molecule has 0 spiro atoms. The Kier molecular flexibility index (Phi) is 8.39.